The molecule has 2 atom stereocenters. The molecular formula is C23H35N3O. The van der Waals surface area contributed by atoms with E-state index in [0.717, 1.165) is 51.9 Å². The lowest BCUT2D eigenvalue weighted by atomic mass is 9.73. The van der Waals surface area contributed by atoms with Crippen LogP contribution in [-0.4, -0.2) is 74.0 Å². The summed E-state index contributed by atoms with van der Waals surface area (Å²) in [7, 11) is 6.48. The van der Waals surface area contributed by atoms with Crippen molar-refractivity contribution in [1.29, 1.82) is 0 Å². The monoisotopic (exact) mass is 369 g/mol. The number of rotatable bonds is 2. The molecule has 0 N–H and O–H groups in total. The Labute approximate surface area is 164 Å². The summed E-state index contributed by atoms with van der Waals surface area (Å²) < 4.78 is 0. The van der Waals surface area contributed by atoms with Crippen molar-refractivity contribution in [2.45, 2.75) is 50.0 Å². The van der Waals surface area contributed by atoms with Crippen LogP contribution >= 0.6 is 0 Å². The predicted octanol–water partition coefficient (Wildman–Crippen LogP) is 2.77. The molecule has 3 aliphatic rings. The van der Waals surface area contributed by atoms with Gasteiger partial charge in [-0.25, -0.2) is 0 Å². The quantitative estimate of drug-likeness (QED) is 0.802. The van der Waals surface area contributed by atoms with Gasteiger partial charge >= 0.3 is 0 Å². The van der Waals surface area contributed by atoms with Crippen LogP contribution in [0.15, 0.2) is 24.3 Å². The third-order valence-electron chi connectivity index (χ3n) is 7.48. The van der Waals surface area contributed by atoms with E-state index in [0.29, 0.717) is 17.4 Å². The van der Waals surface area contributed by atoms with E-state index in [2.05, 4.69) is 60.1 Å². The lowest BCUT2D eigenvalue weighted by Crippen LogP contribution is -2.47. The van der Waals surface area contributed by atoms with Gasteiger partial charge in [-0.2, -0.15) is 0 Å². The van der Waals surface area contributed by atoms with Crippen molar-refractivity contribution in [2.75, 3.05) is 47.3 Å². The maximum Gasteiger partial charge on any atom is 0.226 e. The molecule has 1 aliphatic carbocycles. The zero-order chi connectivity index (χ0) is 19.0. The molecule has 4 nitrogen and oxygen atoms in total. The SMILES string of the molecule is CN1C[C@H](C(=O)N2CCC3(CCc4ccccc43)CC2)CC[C@H](N(C)C)C1. The summed E-state index contributed by atoms with van der Waals surface area (Å²) in [6.07, 6.45) is 6.90. The number of aryl methyl sites for hydroxylation is 1. The van der Waals surface area contributed by atoms with Crippen LogP contribution in [0.25, 0.3) is 0 Å². The van der Waals surface area contributed by atoms with Gasteiger partial charge in [-0.3, -0.25) is 4.79 Å². The van der Waals surface area contributed by atoms with Gasteiger partial charge in [-0.15, -0.1) is 0 Å². The number of likely N-dealkylation sites (N-methyl/N-ethyl adjacent to an activating group) is 2. The molecule has 0 bridgehead atoms. The fourth-order valence-electron chi connectivity index (χ4n) is 5.71. The minimum atomic E-state index is 0.171. The molecule has 2 heterocycles. The summed E-state index contributed by atoms with van der Waals surface area (Å²) in [5.41, 5.74) is 3.45. The Morgan fingerprint density at radius 2 is 1.81 bits per heavy atom. The van der Waals surface area contributed by atoms with Crippen LogP contribution in [0.3, 0.4) is 0 Å². The zero-order valence-electron chi connectivity index (χ0n) is 17.3. The van der Waals surface area contributed by atoms with Gasteiger partial charge < -0.3 is 14.7 Å². The van der Waals surface area contributed by atoms with Crippen LogP contribution in [0.4, 0.5) is 0 Å². The molecule has 0 aromatic heterocycles. The number of hydrogen-bond acceptors (Lipinski definition) is 3. The summed E-state index contributed by atoms with van der Waals surface area (Å²) in [5, 5.41) is 0. The normalized spacial score (nSPS) is 28.4. The smallest absolute Gasteiger partial charge is 0.226 e. The zero-order valence-corrected chi connectivity index (χ0v) is 17.3. The maximum atomic E-state index is 13.3. The Bertz CT molecular complexity index is 678. The number of carbonyl (C=O) groups is 1. The van der Waals surface area contributed by atoms with E-state index in [4.69, 9.17) is 0 Å². The number of benzene rings is 1. The molecule has 4 rings (SSSR count). The number of likely N-dealkylation sites (tertiary alicyclic amines) is 2. The molecular weight excluding hydrogens is 334 g/mol. The van der Waals surface area contributed by atoms with Crippen LogP contribution in [0.1, 0.15) is 43.2 Å². The second kappa shape index (κ2) is 7.56. The Hall–Kier alpha value is -1.39. The molecule has 2 saturated heterocycles. The van der Waals surface area contributed by atoms with Gasteiger partial charge in [0.05, 0.1) is 5.92 Å². The first-order valence-electron chi connectivity index (χ1n) is 10.7. The Kier molecular flexibility index (Phi) is 5.30. The number of hydrogen-bond donors (Lipinski definition) is 0. The van der Waals surface area contributed by atoms with E-state index >= 15 is 0 Å². The number of fused-ring (bicyclic) bond motifs is 2. The number of piperidine rings is 1. The summed E-state index contributed by atoms with van der Waals surface area (Å²) >= 11 is 0. The molecule has 27 heavy (non-hydrogen) atoms. The number of amides is 1. The van der Waals surface area contributed by atoms with Gasteiger partial charge in [0.2, 0.25) is 5.91 Å². The van der Waals surface area contributed by atoms with Gasteiger partial charge in [0.15, 0.2) is 0 Å². The van der Waals surface area contributed by atoms with Gasteiger partial charge in [0.25, 0.3) is 0 Å². The highest BCUT2D eigenvalue weighted by molar-refractivity contribution is 5.79. The fraction of sp³-hybridized carbons (Fsp3) is 0.696. The maximum absolute atomic E-state index is 13.3. The van der Waals surface area contributed by atoms with Crippen molar-refractivity contribution in [1.82, 2.24) is 14.7 Å². The second-order valence-corrected chi connectivity index (χ2v) is 9.38. The van der Waals surface area contributed by atoms with Crippen molar-refractivity contribution >= 4 is 5.91 Å². The summed E-state index contributed by atoms with van der Waals surface area (Å²) in [5.74, 6) is 0.576. The van der Waals surface area contributed by atoms with E-state index in [-0.39, 0.29) is 5.92 Å². The molecule has 1 amide bonds. The van der Waals surface area contributed by atoms with Crippen LogP contribution in [-0.2, 0) is 16.6 Å². The Balaban J connectivity index is 1.39. The molecule has 2 fully saturated rings. The number of nitrogens with zero attached hydrogens (tertiary/aromatic N) is 3. The van der Waals surface area contributed by atoms with Crippen molar-refractivity contribution < 1.29 is 4.79 Å². The first-order valence-corrected chi connectivity index (χ1v) is 10.7. The largest absolute Gasteiger partial charge is 0.342 e. The summed E-state index contributed by atoms with van der Waals surface area (Å²) in [6.45, 7) is 3.85. The van der Waals surface area contributed by atoms with Crippen LogP contribution < -0.4 is 0 Å². The van der Waals surface area contributed by atoms with E-state index in [1.54, 1.807) is 5.56 Å². The molecule has 1 aromatic rings. The van der Waals surface area contributed by atoms with Crippen LogP contribution in [0.2, 0.25) is 0 Å². The van der Waals surface area contributed by atoms with Crippen LogP contribution in [0, 0.1) is 5.92 Å². The molecule has 4 heteroatoms. The molecule has 0 radical (unpaired) electrons. The van der Waals surface area contributed by atoms with Crippen molar-refractivity contribution in [3.8, 4) is 0 Å². The van der Waals surface area contributed by atoms with E-state index in [9.17, 15) is 4.79 Å². The first-order chi connectivity index (χ1) is 13.0. The van der Waals surface area contributed by atoms with Crippen molar-refractivity contribution in [3.05, 3.63) is 35.4 Å². The van der Waals surface area contributed by atoms with Crippen molar-refractivity contribution in [3.63, 3.8) is 0 Å². The Morgan fingerprint density at radius 3 is 2.56 bits per heavy atom. The van der Waals surface area contributed by atoms with Gasteiger partial charge in [0.1, 0.15) is 0 Å². The van der Waals surface area contributed by atoms with Gasteiger partial charge in [-0.05, 0) is 76.2 Å². The van der Waals surface area contributed by atoms with Gasteiger partial charge in [0, 0.05) is 32.2 Å². The average molecular weight is 370 g/mol. The second-order valence-electron chi connectivity index (χ2n) is 9.38. The molecule has 1 spiro atoms. The highest BCUT2D eigenvalue weighted by Crippen LogP contribution is 2.46. The summed E-state index contributed by atoms with van der Waals surface area (Å²) in [4.78, 5) is 20.1. The van der Waals surface area contributed by atoms with Crippen molar-refractivity contribution in [2.24, 2.45) is 5.92 Å². The van der Waals surface area contributed by atoms with E-state index in [1.807, 2.05) is 0 Å². The molecule has 148 valence electrons. The minimum Gasteiger partial charge on any atom is -0.342 e. The molecule has 0 unspecified atom stereocenters. The number of carbonyl (C=O) groups excluding carboxylic acids is 1. The standard InChI is InChI=1S/C23H35N3O/c1-24(2)20-9-8-19(16-25(3)17-20)22(27)26-14-12-23(13-15-26)11-10-18-6-4-5-7-21(18)23/h4-7,19-20H,8-17H2,1-3H3/t19-,20+/m1/s1. The average Bonchev–Trinajstić information content (AvgIpc) is 2.89. The highest BCUT2D eigenvalue weighted by atomic mass is 16.2. The Morgan fingerprint density at radius 1 is 1.07 bits per heavy atom. The molecule has 1 aromatic carbocycles. The molecule has 2 aliphatic heterocycles. The topological polar surface area (TPSA) is 26.8 Å². The minimum absolute atomic E-state index is 0.171. The lowest BCUT2D eigenvalue weighted by molar-refractivity contribution is -0.137. The highest BCUT2D eigenvalue weighted by Gasteiger charge is 2.42. The predicted molar refractivity (Wildman–Crippen MR) is 110 cm³/mol. The third kappa shape index (κ3) is 3.66. The summed E-state index contributed by atoms with van der Waals surface area (Å²) in [6, 6.07) is 9.55. The fourth-order valence-corrected chi connectivity index (χ4v) is 5.71. The van der Waals surface area contributed by atoms with Crippen LogP contribution in [0.5, 0.6) is 0 Å². The van der Waals surface area contributed by atoms with Gasteiger partial charge in [-0.1, -0.05) is 24.3 Å². The third-order valence-corrected chi connectivity index (χ3v) is 7.48. The lowest BCUT2D eigenvalue weighted by Gasteiger charge is -2.41. The molecule has 0 saturated carbocycles. The van der Waals surface area contributed by atoms with E-state index < -0.39 is 0 Å². The first kappa shape index (κ1) is 18.9. The van der Waals surface area contributed by atoms with E-state index in [1.165, 1.54) is 18.4 Å².